The fourth-order valence-electron chi connectivity index (χ4n) is 4.01. The van der Waals surface area contributed by atoms with Gasteiger partial charge in [0.25, 0.3) is 0 Å². The Labute approximate surface area is 218 Å². The van der Waals surface area contributed by atoms with Crippen molar-refractivity contribution in [1.29, 1.82) is 0 Å². The average molecular weight is 523 g/mol. The molecule has 0 spiro atoms. The number of hydrogen-bond acceptors (Lipinski definition) is 6. The lowest BCUT2D eigenvalue weighted by Gasteiger charge is -2.27. The Morgan fingerprint density at radius 3 is 2.41 bits per heavy atom. The van der Waals surface area contributed by atoms with Gasteiger partial charge in [0, 0.05) is 32.7 Å². The van der Waals surface area contributed by atoms with E-state index in [9.17, 15) is 18.7 Å². The van der Waals surface area contributed by atoms with Crippen LogP contribution in [0, 0.1) is 23.5 Å². The predicted molar refractivity (Wildman–Crippen MR) is 139 cm³/mol. The first-order chi connectivity index (χ1) is 17.6. The van der Waals surface area contributed by atoms with Crippen LogP contribution in [0.25, 0.3) is 0 Å². The maximum atomic E-state index is 13.4. The Balaban J connectivity index is 1.92. The first kappa shape index (κ1) is 30.5. The zero-order valence-corrected chi connectivity index (χ0v) is 22.1. The molecule has 0 heterocycles. The molecular formula is C28H40F2N2O5. The third-order valence-corrected chi connectivity index (χ3v) is 6.35. The molecule has 0 unspecified atom stereocenters. The summed E-state index contributed by atoms with van der Waals surface area (Å²) < 4.78 is 42.8. The number of benzene rings is 2. The van der Waals surface area contributed by atoms with E-state index in [4.69, 9.17) is 19.9 Å². The second kappa shape index (κ2) is 15.5. The van der Waals surface area contributed by atoms with Gasteiger partial charge < -0.3 is 30.4 Å². The molecule has 0 aliphatic carbocycles. The van der Waals surface area contributed by atoms with Crippen LogP contribution in [-0.4, -0.2) is 57.1 Å². The number of nitrogens with two attached hydrogens (primary N) is 1. The number of rotatable bonds is 16. The van der Waals surface area contributed by atoms with Crippen LogP contribution in [0.4, 0.5) is 8.78 Å². The van der Waals surface area contributed by atoms with Gasteiger partial charge in [0.15, 0.2) is 23.1 Å². The number of aliphatic hydroxyl groups is 1. The highest BCUT2D eigenvalue weighted by molar-refractivity contribution is 5.78. The molecule has 3 atom stereocenters. The summed E-state index contributed by atoms with van der Waals surface area (Å²) in [5.74, 6) is -0.569. The van der Waals surface area contributed by atoms with Gasteiger partial charge in [-0.1, -0.05) is 26.0 Å². The molecule has 9 heteroatoms. The molecule has 2 rings (SSSR count). The first-order valence-corrected chi connectivity index (χ1v) is 12.6. The van der Waals surface area contributed by atoms with Gasteiger partial charge in [0.2, 0.25) is 5.91 Å². The minimum absolute atomic E-state index is 0.0313. The molecule has 206 valence electrons. The van der Waals surface area contributed by atoms with Crippen LogP contribution in [0.3, 0.4) is 0 Å². The molecule has 2 aromatic carbocycles. The number of halogens is 2. The van der Waals surface area contributed by atoms with Crippen LogP contribution in [-0.2, 0) is 22.4 Å². The molecule has 0 aromatic heterocycles. The van der Waals surface area contributed by atoms with Crippen molar-refractivity contribution >= 4 is 5.91 Å². The van der Waals surface area contributed by atoms with Gasteiger partial charge in [-0.05, 0) is 60.1 Å². The molecule has 2 aromatic rings. The summed E-state index contributed by atoms with van der Waals surface area (Å²) in [6, 6.07) is 8.61. The van der Waals surface area contributed by atoms with Crippen molar-refractivity contribution in [3.8, 4) is 11.5 Å². The van der Waals surface area contributed by atoms with Crippen molar-refractivity contribution in [1.82, 2.24) is 5.32 Å². The van der Waals surface area contributed by atoms with Crippen molar-refractivity contribution in [2.45, 2.75) is 51.7 Å². The molecule has 0 radical (unpaired) electrons. The normalized spacial score (nSPS) is 13.8. The predicted octanol–water partition coefficient (Wildman–Crippen LogP) is 3.64. The van der Waals surface area contributed by atoms with Crippen molar-refractivity contribution in [3.05, 3.63) is 59.2 Å². The first-order valence-electron chi connectivity index (χ1n) is 12.6. The minimum atomic E-state index is -1.01. The maximum Gasteiger partial charge on any atom is 0.224 e. The summed E-state index contributed by atoms with van der Waals surface area (Å²) in [6.45, 7) is 5.32. The molecule has 0 saturated heterocycles. The van der Waals surface area contributed by atoms with Crippen LogP contribution < -0.4 is 20.5 Å². The summed E-state index contributed by atoms with van der Waals surface area (Å²) in [5, 5.41) is 13.2. The fourth-order valence-corrected chi connectivity index (χ4v) is 4.01. The highest BCUT2D eigenvalue weighted by Gasteiger charge is 2.23. The summed E-state index contributed by atoms with van der Waals surface area (Å²) >= 11 is 0. The highest BCUT2D eigenvalue weighted by atomic mass is 19.2. The Morgan fingerprint density at radius 1 is 1.03 bits per heavy atom. The van der Waals surface area contributed by atoms with E-state index in [1.165, 1.54) is 6.07 Å². The largest absolute Gasteiger partial charge is 0.493 e. The molecule has 0 bridgehead atoms. The number of carbonyl (C=O) groups is 1. The smallest absolute Gasteiger partial charge is 0.224 e. The molecule has 0 aliphatic heterocycles. The number of nitrogens with one attached hydrogen (secondary N) is 1. The molecule has 1 amide bonds. The van der Waals surface area contributed by atoms with E-state index < -0.39 is 29.7 Å². The van der Waals surface area contributed by atoms with E-state index in [2.05, 4.69) is 19.2 Å². The van der Waals surface area contributed by atoms with Crippen LogP contribution in [0.15, 0.2) is 36.4 Å². The van der Waals surface area contributed by atoms with Crippen LogP contribution in [0.2, 0.25) is 0 Å². The molecule has 7 nitrogen and oxygen atoms in total. The lowest BCUT2D eigenvalue weighted by atomic mass is 9.83. The zero-order chi connectivity index (χ0) is 27.4. The van der Waals surface area contributed by atoms with Gasteiger partial charge in [-0.25, -0.2) is 8.78 Å². The number of amides is 1. The number of methoxy groups -OCH3 is 2. The maximum absolute atomic E-state index is 13.4. The van der Waals surface area contributed by atoms with Gasteiger partial charge in [0.1, 0.15) is 0 Å². The molecule has 0 fully saturated rings. The van der Waals surface area contributed by atoms with E-state index in [-0.39, 0.29) is 18.9 Å². The van der Waals surface area contributed by atoms with Gasteiger partial charge in [-0.15, -0.1) is 0 Å². The van der Waals surface area contributed by atoms with Crippen LogP contribution in [0.5, 0.6) is 11.5 Å². The Hall–Kier alpha value is -2.75. The standard InChI is InChI=1S/C28H40F2N2O5/c1-18(2)21(12-19-7-9-26(36-4)27(14-19)37-11-5-10-35-3)16-24(31)25(33)17-32-28(34)15-20-6-8-22(29)23(30)13-20/h6-9,13-14,18,21,24-25,33H,5,10-12,15-17,31H2,1-4H3,(H,32,34)/t21-,24-,25-/m0/s1. The number of aliphatic hydroxyl groups excluding tert-OH is 1. The molecule has 37 heavy (non-hydrogen) atoms. The third kappa shape index (κ3) is 10.3. The zero-order valence-electron chi connectivity index (χ0n) is 22.1. The van der Waals surface area contributed by atoms with E-state index in [0.717, 1.165) is 30.5 Å². The molecular weight excluding hydrogens is 482 g/mol. The van der Waals surface area contributed by atoms with Crippen LogP contribution in [0.1, 0.15) is 37.8 Å². The number of hydrogen-bond donors (Lipinski definition) is 3. The van der Waals surface area contributed by atoms with E-state index >= 15 is 0 Å². The van der Waals surface area contributed by atoms with Crippen molar-refractivity contribution in [2.24, 2.45) is 17.6 Å². The Morgan fingerprint density at radius 2 is 1.76 bits per heavy atom. The molecule has 0 aliphatic rings. The van der Waals surface area contributed by atoms with E-state index in [1.54, 1.807) is 14.2 Å². The SMILES string of the molecule is COCCCOc1cc(C[C@@H](C[C@H](N)[C@@H](O)CNC(=O)Cc2ccc(F)c(F)c2)C(C)C)ccc1OC. The number of ether oxygens (including phenoxy) is 3. The van der Waals surface area contributed by atoms with Crippen molar-refractivity contribution < 1.29 is 32.9 Å². The van der Waals surface area contributed by atoms with Crippen molar-refractivity contribution in [2.75, 3.05) is 34.0 Å². The van der Waals surface area contributed by atoms with Gasteiger partial charge >= 0.3 is 0 Å². The third-order valence-electron chi connectivity index (χ3n) is 6.35. The number of carbonyl (C=O) groups excluding carboxylic acids is 1. The second-order valence-electron chi connectivity index (χ2n) is 9.58. The molecule has 4 N–H and O–H groups in total. The summed E-state index contributed by atoms with van der Waals surface area (Å²) in [6.07, 6.45) is 0.974. The highest BCUT2D eigenvalue weighted by Crippen LogP contribution is 2.31. The Bertz CT molecular complexity index is 989. The fraction of sp³-hybridized carbons (Fsp3) is 0.536. The molecule has 0 saturated carbocycles. The average Bonchev–Trinajstić information content (AvgIpc) is 2.87. The van der Waals surface area contributed by atoms with Gasteiger partial charge in [-0.2, -0.15) is 0 Å². The van der Waals surface area contributed by atoms with Gasteiger partial charge in [0.05, 0.1) is 26.2 Å². The van der Waals surface area contributed by atoms with Crippen molar-refractivity contribution in [3.63, 3.8) is 0 Å². The monoisotopic (exact) mass is 522 g/mol. The summed E-state index contributed by atoms with van der Waals surface area (Å²) in [4.78, 5) is 12.2. The minimum Gasteiger partial charge on any atom is -0.493 e. The lowest BCUT2D eigenvalue weighted by Crippen LogP contribution is -2.45. The topological polar surface area (TPSA) is 103 Å². The van der Waals surface area contributed by atoms with Gasteiger partial charge in [-0.3, -0.25) is 4.79 Å². The summed E-state index contributed by atoms with van der Waals surface area (Å²) in [7, 11) is 3.25. The summed E-state index contributed by atoms with van der Waals surface area (Å²) in [5.41, 5.74) is 7.72. The second-order valence-corrected chi connectivity index (χ2v) is 9.58. The quantitative estimate of drug-likeness (QED) is 0.291. The van der Waals surface area contributed by atoms with E-state index in [0.29, 0.717) is 42.6 Å². The van der Waals surface area contributed by atoms with Crippen LogP contribution >= 0.6 is 0 Å². The van der Waals surface area contributed by atoms with E-state index in [1.807, 2.05) is 18.2 Å². The Kier molecular flexibility index (Phi) is 12.8. The lowest BCUT2D eigenvalue weighted by molar-refractivity contribution is -0.121.